The molecule has 0 fully saturated rings. The van der Waals surface area contributed by atoms with Crippen LogP contribution in [0, 0.1) is 0 Å². The van der Waals surface area contributed by atoms with E-state index in [0.29, 0.717) is 5.82 Å². The van der Waals surface area contributed by atoms with Crippen molar-refractivity contribution in [1.82, 2.24) is 39.2 Å². The summed E-state index contributed by atoms with van der Waals surface area (Å²) in [7, 11) is 8.28. The number of likely N-dealkylation sites (N-methyl/N-ethyl adjacent to an activating group) is 2. The van der Waals surface area contributed by atoms with Gasteiger partial charge in [-0.15, -0.1) is 0 Å². The molecule has 0 saturated carbocycles. The molecular formula is C33H38N10. The Labute approximate surface area is 251 Å². The van der Waals surface area contributed by atoms with Crippen molar-refractivity contribution in [2.24, 2.45) is 7.05 Å². The minimum absolute atomic E-state index is 0.428. The van der Waals surface area contributed by atoms with Crippen molar-refractivity contribution in [2.45, 2.75) is 26.2 Å². The van der Waals surface area contributed by atoms with Gasteiger partial charge in [-0.2, -0.15) is 5.10 Å². The van der Waals surface area contributed by atoms with Crippen molar-refractivity contribution in [2.75, 3.05) is 44.9 Å². The SMILES string of the molecule is CCc1cc(N(C)CCN(C)C)c2ccc(CCc3cncc(-n4cc(-c5ccn(C)n5)c5c(N)ncnc54)c3)cc2n1. The number of nitrogens with two attached hydrogens (primary N) is 1. The van der Waals surface area contributed by atoms with E-state index in [9.17, 15) is 0 Å². The van der Waals surface area contributed by atoms with Gasteiger partial charge in [0.25, 0.3) is 0 Å². The number of rotatable bonds is 10. The predicted molar refractivity (Wildman–Crippen MR) is 174 cm³/mol. The van der Waals surface area contributed by atoms with Gasteiger partial charge >= 0.3 is 0 Å². The molecule has 10 nitrogen and oxygen atoms in total. The molecule has 0 saturated heterocycles. The Balaban J connectivity index is 1.27. The van der Waals surface area contributed by atoms with E-state index in [2.05, 4.69) is 88.2 Å². The Morgan fingerprint density at radius 2 is 1.77 bits per heavy atom. The molecule has 0 spiro atoms. The van der Waals surface area contributed by atoms with E-state index in [1.54, 1.807) is 4.68 Å². The maximum atomic E-state index is 6.32. The number of aryl methyl sites for hydroxylation is 4. The molecule has 5 aromatic heterocycles. The average Bonchev–Trinajstić information content (AvgIpc) is 3.62. The van der Waals surface area contributed by atoms with Gasteiger partial charge in [-0.05, 0) is 68.8 Å². The van der Waals surface area contributed by atoms with Crippen LogP contribution in [0.25, 0.3) is 38.9 Å². The van der Waals surface area contributed by atoms with Crippen LogP contribution in [0.15, 0.2) is 67.5 Å². The van der Waals surface area contributed by atoms with Crippen molar-refractivity contribution in [3.05, 3.63) is 84.3 Å². The average molecular weight is 575 g/mol. The number of aromatic nitrogens is 7. The molecule has 0 atom stereocenters. The first-order chi connectivity index (χ1) is 20.8. The van der Waals surface area contributed by atoms with Crippen LogP contribution in [0.3, 0.4) is 0 Å². The zero-order chi connectivity index (χ0) is 30.1. The van der Waals surface area contributed by atoms with Gasteiger partial charge in [0.05, 0.1) is 28.5 Å². The van der Waals surface area contributed by atoms with Crippen LogP contribution in [-0.2, 0) is 26.3 Å². The summed E-state index contributed by atoms with van der Waals surface area (Å²) in [5, 5.41) is 6.57. The first-order valence-corrected chi connectivity index (χ1v) is 14.6. The number of nitrogen functional groups attached to an aromatic ring is 1. The van der Waals surface area contributed by atoms with E-state index >= 15 is 0 Å². The number of hydrogen-bond acceptors (Lipinski definition) is 8. The molecule has 1 aromatic carbocycles. The standard InChI is InChI=1S/C33H38N10/c1-6-24-17-30(41(4)14-13-40(2)3)26-10-9-22(16-29(26)38-24)7-8-23-15-25(19-35-18-23)43-20-27(28-11-12-42(5)39-28)31-32(34)36-21-37-33(31)43/h9-12,15-21H,6-8,13-14H2,1-5H3,(H2,34,36,37). The Bertz CT molecular complexity index is 1900. The molecule has 10 heteroatoms. The van der Waals surface area contributed by atoms with Crippen LogP contribution in [0.5, 0.6) is 0 Å². The first-order valence-electron chi connectivity index (χ1n) is 14.6. The fourth-order valence-corrected chi connectivity index (χ4v) is 5.50. The summed E-state index contributed by atoms with van der Waals surface area (Å²) in [6, 6.07) is 13.1. The van der Waals surface area contributed by atoms with Crippen LogP contribution in [-0.4, -0.2) is 73.4 Å². The third-order valence-electron chi connectivity index (χ3n) is 7.92. The zero-order valence-corrected chi connectivity index (χ0v) is 25.5. The molecule has 43 heavy (non-hydrogen) atoms. The Hall–Kier alpha value is -4.83. The van der Waals surface area contributed by atoms with E-state index in [4.69, 9.17) is 10.7 Å². The highest BCUT2D eigenvalue weighted by Gasteiger charge is 2.18. The van der Waals surface area contributed by atoms with Gasteiger partial charge in [-0.1, -0.05) is 19.1 Å². The van der Waals surface area contributed by atoms with Crippen LogP contribution in [0.4, 0.5) is 11.5 Å². The lowest BCUT2D eigenvalue weighted by Crippen LogP contribution is -2.28. The van der Waals surface area contributed by atoms with Crippen LogP contribution in [0.2, 0.25) is 0 Å². The van der Waals surface area contributed by atoms with Gasteiger partial charge in [-0.3, -0.25) is 19.2 Å². The van der Waals surface area contributed by atoms with Crippen LogP contribution < -0.4 is 10.6 Å². The van der Waals surface area contributed by atoms with Gasteiger partial charge in [0.2, 0.25) is 0 Å². The molecular weight excluding hydrogens is 536 g/mol. The Morgan fingerprint density at radius 3 is 2.53 bits per heavy atom. The summed E-state index contributed by atoms with van der Waals surface area (Å²) in [6.45, 7) is 4.12. The van der Waals surface area contributed by atoms with Crippen LogP contribution >= 0.6 is 0 Å². The molecule has 0 aliphatic carbocycles. The molecule has 6 rings (SSSR count). The minimum atomic E-state index is 0.428. The summed E-state index contributed by atoms with van der Waals surface area (Å²) in [5.74, 6) is 0.428. The van der Waals surface area contributed by atoms with Crippen LogP contribution in [0.1, 0.15) is 23.7 Å². The number of nitrogens with zero attached hydrogens (tertiary/aromatic N) is 9. The lowest BCUT2D eigenvalue weighted by atomic mass is 10.0. The van der Waals surface area contributed by atoms with Gasteiger partial charge in [-0.25, -0.2) is 9.97 Å². The summed E-state index contributed by atoms with van der Waals surface area (Å²) in [6.07, 6.45) is 11.8. The van der Waals surface area contributed by atoms with Crippen molar-refractivity contribution in [3.8, 4) is 16.9 Å². The van der Waals surface area contributed by atoms with Gasteiger partial charge in [0, 0.05) is 68.1 Å². The maximum absolute atomic E-state index is 6.32. The van der Waals surface area contributed by atoms with E-state index < -0.39 is 0 Å². The lowest BCUT2D eigenvalue weighted by Gasteiger charge is -2.24. The largest absolute Gasteiger partial charge is 0.383 e. The molecule has 0 radical (unpaired) electrons. The van der Waals surface area contributed by atoms with Gasteiger partial charge < -0.3 is 15.5 Å². The number of pyridine rings is 2. The predicted octanol–water partition coefficient (Wildman–Crippen LogP) is 4.69. The second-order valence-electron chi connectivity index (χ2n) is 11.4. The summed E-state index contributed by atoms with van der Waals surface area (Å²) < 4.78 is 3.80. The molecule has 0 aliphatic heterocycles. The highest BCUT2D eigenvalue weighted by molar-refractivity contribution is 6.00. The van der Waals surface area contributed by atoms with Crippen molar-refractivity contribution >= 4 is 33.4 Å². The highest BCUT2D eigenvalue weighted by Crippen LogP contribution is 2.33. The number of fused-ring (bicyclic) bond motifs is 2. The number of anilines is 2. The van der Waals surface area contributed by atoms with E-state index in [1.165, 1.54) is 23.0 Å². The van der Waals surface area contributed by atoms with Gasteiger partial charge in [0.15, 0.2) is 5.65 Å². The van der Waals surface area contributed by atoms with E-state index in [0.717, 1.165) is 77.1 Å². The molecule has 6 aromatic rings. The molecule has 0 unspecified atom stereocenters. The van der Waals surface area contributed by atoms with Crippen molar-refractivity contribution < 1.29 is 0 Å². The fourth-order valence-electron chi connectivity index (χ4n) is 5.50. The van der Waals surface area contributed by atoms with Crippen molar-refractivity contribution in [3.63, 3.8) is 0 Å². The second-order valence-corrected chi connectivity index (χ2v) is 11.4. The maximum Gasteiger partial charge on any atom is 0.150 e. The third kappa shape index (κ3) is 5.78. The molecule has 0 amide bonds. The monoisotopic (exact) mass is 574 g/mol. The topological polar surface area (TPSA) is 107 Å². The minimum Gasteiger partial charge on any atom is -0.383 e. The summed E-state index contributed by atoms with van der Waals surface area (Å²) >= 11 is 0. The molecule has 0 bridgehead atoms. The lowest BCUT2D eigenvalue weighted by molar-refractivity contribution is 0.416. The molecule has 0 aliphatic rings. The number of hydrogen-bond donors (Lipinski definition) is 1. The summed E-state index contributed by atoms with van der Waals surface area (Å²) in [5.41, 5.74) is 15.5. The molecule has 2 N–H and O–H groups in total. The first kappa shape index (κ1) is 28.3. The summed E-state index contributed by atoms with van der Waals surface area (Å²) in [4.78, 5) is 22.9. The molecule has 5 heterocycles. The van der Waals surface area contributed by atoms with Crippen molar-refractivity contribution in [1.29, 1.82) is 0 Å². The normalized spacial score (nSPS) is 11.7. The zero-order valence-electron chi connectivity index (χ0n) is 25.5. The van der Waals surface area contributed by atoms with E-state index in [-0.39, 0.29) is 0 Å². The Kier molecular flexibility index (Phi) is 7.77. The van der Waals surface area contributed by atoms with E-state index in [1.807, 2.05) is 42.5 Å². The van der Waals surface area contributed by atoms with Gasteiger partial charge in [0.1, 0.15) is 12.1 Å². The quantitative estimate of drug-likeness (QED) is 0.251. The molecule has 220 valence electrons. The fraction of sp³-hybridized carbons (Fsp3) is 0.303. The highest BCUT2D eigenvalue weighted by atomic mass is 15.2. The third-order valence-corrected chi connectivity index (χ3v) is 7.92. The Morgan fingerprint density at radius 1 is 0.930 bits per heavy atom. The smallest absolute Gasteiger partial charge is 0.150 e. The second kappa shape index (κ2) is 11.8. The number of benzene rings is 1.